The van der Waals surface area contributed by atoms with Gasteiger partial charge in [0.15, 0.2) is 5.78 Å². The molecule has 1 heterocycles. The number of ketones is 1. The van der Waals surface area contributed by atoms with Gasteiger partial charge in [0.2, 0.25) is 0 Å². The van der Waals surface area contributed by atoms with Crippen LogP contribution in [-0.4, -0.2) is 33.4 Å². The average Bonchev–Trinajstić information content (AvgIpc) is 2.68. The number of carbonyl (C=O) groups is 1. The summed E-state index contributed by atoms with van der Waals surface area (Å²) in [5.74, 6) is -0.960. The summed E-state index contributed by atoms with van der Waals surface area (Å²) in [6.07, 6.45) is -2.00. The van der Waals surface area contributed by atoms with Crippen LogP contribution in [0.15, 0.2) is 71.9 Å². The van der Waals surface area contributed by atoms with Crippen molar-refractivity contribution in [3.8, 4) is 5.75 Å². The van der Waals surface area contributed by atoms with Crippen LogP contribution in [0, 0.1) is 0 Å². The van der Waals surface area contributed by atoms with Crippen molar-refractivity contribution < 1.29 is 31.1 Å². The van der Waals surface area contributed by atoms with Crippen LogP contribution in [0.25, 0.3) is 0 Å². The van der Waals surface area contributed by atoms with E-state index in [2.05, 4.69) is 14.4 Å². The third-order valence-electron chi connectivity index (χ3n) is 3.97. The lowest BCUT2D eigenvalue weighted by molar-refractivity contribution is -0.274. The number of anilines is 1. The summed E-state index contributed by atoms with van der Waals surface area (Å²) >= 11 is 0. The SMILES string of the molecule is Bc1ccc(NS(=O)(=O)c2ccc(OC(F)(F)F)cc2)c(C(=O)c2ccncc2)c1. The van der Waals surface area contributed by atoms with Gasteiger partial charge in [-0.25, -0.2) is 8.42 Å². The number of rotatable bonds is 6. The molecule has 3 rings (SSSR count). The van der Waals surface area contributed by atoms with Crippen molar-refractivity contribution >= 4 is 34.8 Å². The second kappa shape index (κ2) is 8.19. The van der Waals surface area contributed by atoms with Crippen molar-refractivity contribution in [1.82, 2.24) is 4.98 Å². The molecule has 2 aromatic carbocycles. The minimum Gasteiger partial charge on any atom is -0.406 e. The van der Waals surface area contributed by atoms with E-state index in [1.807, 2.05) is 0 Å². The Labute approximate surface area is 171 Å². The number of sulfonamides is 1. The summed E-state index contributed by atoms with van der Waals surface area (Å²) in [5, 5.41) is 0. The van der Waals surface area contributed by atoms with Gasteiger partial charge in [0.1, 0.15) is 13.6 Å². The largest absolute Gasteiger partial charge is 0.573 e. The lowest BCUT2D eigenvalue weighted by Crippen LogP contribution is -2.19. The third-order valence-corrected chi connectivity index (χ3v) is 5.36. The molecule has 0 radical (unpaired) electrons. The summed E-state index contributed by atoms with van der Waals surface area (Å²) in [6.45, 7) is 0. The Morgan fingerprint density at radius 3 is 2.23 bits per heavy atom. The number of nitrogens with zero attached hydrogens (tertiary/aromatic N) is 1. The van der Waals surface area contributed by atoms with E-state index in [1.54, 1.807) is 20.0 Å². The van der Waals surface area contributed by atoms with E-state index < -0.39 is 27.9 Å². The second-order valence-corrected chi connectivity index (χ2v) is 7.92. The van der Waals surface area contributed by atoms with E-state index in [4.69, 9.17) is 0 Å². The molecule has 11 heteroatoms. The van der Waals surface area contributed by atoms with E-state index in [9.17, 15) is 26.4 Å². The molecular formula is C19H14BF3N2O4S. The Balaban J connectivity index is 1.91. The van der Waals surface area contributed by atoms with Gasteiger partial charge in [-0.3, -0.25) is 14.5 Å². The van der Waals surface area contributed by atoms with E-state index in [-0.39, 0.29) is 16.1 Å². The number of nitrogens with one attached hydrogen (secondary N) is 1. The molecule has 0 atom stereocenters. The molecule has 1 aromatic heterocycles. The zero-order chi connectivity index (χ0) is 21.9. The maximum atomic E-state index is 12.8. The smallest absolute Gasteiger partial charge is 0.406 e. The van der Waals surface area contributed by atoms with Gasteiger partial charge in [0.05, 0.1) is 10.6 Å². The summed E-state index contributed by atoms with van der Waals surface area (Å²) in [7, 11) is -2.43. The molecule has 0 aliphatic rings. The van der Waals surface area contributed by atoms with Gasteiger partial charge >= 0.3 is 6.36 Å². The Bertz CT molecular complexity index is 1170. The van der Waals surface area contributed by atoms with E-state index in [1.165, 1.54) is 30.6 Å². The van der Waals surface area contributed by atoms with E-state index >= 15 is 0 Å². The van der Waals surface area contributed by atoms with Gasteiger partial charge in [-0.15, -0.1) is 13.2 Å². The van der Waals surface area contributed by atoms with Crippen LogP contribution in [0.2, 0.25) is 0 Å². The van der Waals surface area contributed by atoms with Gasteiger partial charge < -0.3 is 4.74 Å². The first-order valence-corrected chi connectivity index (χ1v) is 9.97. The fraction of sp³-hybridized carbons (Fsp3) is 0.0526. The molecule has 0 spiro atoms. The number of hydrogen-bond donors (Lipinski definition) is 1. The number of benzene rings is 2. The predicted molar refractivity (Wildman–Crippen MR) is 106 cm³/mol. The number of carbonyl (C=O) groups excluding carboxylic acids is 1. The average molecular weight is 434 g/mol. The molecule has 0 aliphatic carbocycles. The maximum absolute atomic E-state index is 12.8. The van der Waals surface area contributed by atoms with Gasteiger partial charge in [-0.1, -0.05) is 17.6 Å². The highest BCUT2D eigenvalue weighted by Gasteiger charge is 2.31. The van der Waals surface area contributed by atoms with Gasteiger partial charge in [-0.2, -0.15) is 0 Å². The molecule has 0 amide bonds. The number of hydrogen-bond acceptors (Lipinski definition) is 5. The highest BCUT2D eigenvalue weighted by Crippen LogP contribution is 2.26. The van der Waals surface area contributed by atoms with Crippen molar-refractivity contribution in [2.24, 2.45) is 0 Å². The van der Waals surface area contributed by atoms with Gasteiger partial charge in [-0.05, 0) is 42.5 Å². The van der Waals surface area contributed by atoms with Gasteiger partial charge in [0, 0.05) is 23.5 Å². The first-order chi connectivity index (χ1) is 14.0. The maximum Gasteiger partial charge on any atom is 0.573 e. The number of alkyl halides is 3. The zero-order valence-corrected chi connectivity index (χ0v) is 16.3. The molecule has 0 saturated carbocycles. The Hall–Kier alpha value is -3.34. The number of ether oxygens (including phenoxy) is 1. The van der Waals surface area contributed by atoms with Crippen molar-refractivity contribution in [2.75, 3.05) is 4.72 Å². The van der Waals surface area contributed by atoms with Crippen LogP contribution in [0.3, 0.4) is 0 Å². The van der Waals surface area contributed by atoms with Crippen molar-refractivity contribution in [1.29, 1.82) is 0 Å². The molecule has 3 aromatic rings. The highest BCUT2D eigenvalue weighted by atomic mass is 32.2. The molecule has 154 valence electrons. The number of halogens is 3. The molecule has 0 bridgehead atoms. The summed E-state index contributed by atoms with van der Waals surface area (Å²) in [5.41, 5.74) is 1.23. The standard InChI is InChI=1S/C19H14BF3N2O4S/c20-13-1-6-17(16(11-13)18(26)12-7-9-24-10-8-12)25-30(27,28)15-4-2-14(3-5-15)29-19(21,22)23/h1-11,25H,20H2. The fourth-order valence-electron chi connectivity index (χ4n) is 2.62. The van der Waals surface area contributed by atoms with Crippen LogP contribution in [0.4, 0.5) is 18.9 Å². The van der Waals surface area contributed by atoms with E-state index in [0.717, 1.165) is 29.7 Å². The molecule has 0 fully saturated rings. The summed E-state index contributed by atoms with van der Waals surface area (Å²) < 4.78 is 68.3. The monoisotopic (exact) mass is 434 g/mol. The predicted octanol–water partition coefficient (Wildman–Crippen LogP) is 2.27. The molecule has 0 unspecified atom stereocenters. The van der Waals surface area contributed by atoms with Crippen molar-refractivity contribution in [3.63, 3.8) is 0 Å². The lowest BCUT2D eigenvalue weighted by atomic mass is 9.91. The first-order valence-electron chi connectivity index (χ1n) is 8.49. The molecule has 1 N–H and O–H groups in total. The topological polar surface area (TPSA) is 85.4 Å². The second-order valence-electron chi connectivity index (χ2n) is 6.24. The van der Waals surface area contributed by atoms with E-state index in [0.29, 0.717) is 5.56 Å². The van der Waals surface area contributed by atoms with Crippen LogP contribution < -0.4 is 14.9 Å². The molecule has 0 saturated heterocycles. The lowest BCUT2D eigenvalue weighted by Gasteiger charge is -2.14. The quantitative estimate of drug-likeness (QED) is 0.476. The zero-order valence-electron chi connectivity index (χ0n) is 15.5. The van der Waals surface area contributed by atoms with Crippen LogP contribution >= 0.6 is 0 Å². The minimum atomic E-state index is -4.89. The highest BCUT2D eigenvalue weighted by molar-refractivity contribution is 7.92. The molecule has 6 nitrogen and oxygen atoms in total. The van der Waals surface area contributed by atoms with Crippen LogP contribution in [0.5, 0.6) is 5.75 Å². The number of pyridine rings is 1. The molecule has 0 aliphatic heterocycles. The van der Waals surface area contributed by atoms with Gasteiger partial charge in [0.25, 0.3) is 10.0 Å². The van der Waals surface area contributed by atoms with Crippen molar-refractivity contribution in [2.45, 2.75) is 11.3 Å². The Kier molecular flexibility index (Phi) is 5.83. The molecular weight excluding hydrogens is 420 g/mol. The first kappa shape index (κ1) is 21.4. The Morgan fingerprint density at radius 2 is 1.63 bits per heavy atom. The third kappa shape index (κ3) is 5.17. The normalized spacial score (nSPS) is 11.7. The summed E-state index contributed by atoms with van der Waals surface area (Å²) in [6, 6.07) is 11.3. The van der Waals surface area contributed by atoms with Crippen molar-refractivity contribution in [3.05, 3.63) is 78.1 Å². The summed E-state index contributed by atoms with van der Waals surface area (Å²) in [4.78, 5) is 16.4. The number of aromatic nitrogens is 1. The Morgan fingerprint density at radius 1 is 1.00 bits per heavy atom. The molecule has 30 heavy (non-hydrogen) atoms. The van der Waals surface area contributed by atoms with Crippen LogP contribution in [-0.2, 0) is 10.0 Å². The fourth-order valence-corrected chi connectivity index (χ4v) is 3.70. The van der Waals surface area contributed by atoms with Crippen LogP contribution in [0.1, 0.15) is 15.9 Å². The minimum absolute atomic E-state index is 0.0398.